The number of amides is 1. The Morgan fingerprint density at radius 1 is 1.41 bits per heavy atom. The Morgan fingerprint density at radius 2 is 2.06 bits per heavy atom. The maximum absolute atomic E-state index is 12.2. The zero-order valence-electron chi connectivity index (χ0n) is 11.1. The van der Waals surface area contributed by atoms with E-state index >= 15 is 0 Å². The number of aromatic nitrogens is 2. The highest BCUT2D eigenvalue weighted by molar-refractivity contribution is 5.78. The van der Waals surface area contributed by atoms with E-state index in [1.165, 1.54) is 0 Å². The van der Waals surface area contributed by atoms with E-state index in [4.69, 9.17) is 0 Å². The van der Waals surface area contributed by atoms with E-state index in [0.29, 0.717) is 6.54 Å². The molecule has 0 fully saturated rings. The fourth-order valence-corrected chi connectivity index (χ4v) is 2.09. The lowest BCUT2D eigenvalue weighted by atomic mass is 9.97. The van der Waals surface area contributed by atoms with Crippen LogP contribution in [0.1, 0.15) is 45.4 Å². The van der Waals surface area contributed by atoms with E-state index < -0.39 is 0 Å². The van der Waals surface area contributed by atoms with Gasteiger partial charge in [-0.3, -0.25) is 4.79 Å². The maximum atomic E-state index is 12.2. The normalized spacial score (nSPS) is 10.8. The first-order chi connectivity index (χ1) is 8.19. The smallest absolute Gasteiger partial charge is 0.225 e. The second-order valence-electron chi connectivity index (χ2n) is 4.50. The van der Waals surface area contributed by atoms with Gasteiger partial charge in [-0.2, -0.15) is 0 Å². The van der Waals surface area contributed by atoms with Gasteiger partial charge in [0.25, 0.3) is 0 Å². The molecule has 0 aliphatic carbocycles. The number of hydrogen-bond donors (Lipinski definition) is 1. The molecule has 0 aliphatic rings. The lowest BCUT2D eigenvalue weighted by molar-refractivity contribution is -0.135. The van der Waals surface area contributed by atoms with Gasteiger partial charge in [-0.05, 0) is 12.8 Å². The van der Waals surface area contributed by atoms with Crippen LogP contribution in [0.4, 0.5) is 0 Å². The molecule has 1 amide bonds. The van der Waals surface area contributed by atoms with Gasteiger partial charge in [0.05, 0.1) is 6.54 Å². The largest absolute Gasteiger partial charge is 0.347 e. The summed E-state index contributed by atoms with van der Waals surface area (Å²) >= 11 is 0. The average molecular weight is 237 g/mol. The summed E-state index contributed by atoms with van der Waals surface area (Å²) in [6, 6.07) is 0. The summed E-state index contributed by atoms with van der Waals surface area (Å²) in [5, 5.41) is 0. The Hall–Kier alpha value is -1.32. The van der Waals surface area contributed by atoms with E-state index in [9.17, 15) is 4.79 Å². The summed E-state index contributed by atoms with van der Waals surface area (Å²) in [6.07, 6.45) is 7.58. The number of nitrogens with one attached hydrogen (secondary N) is 1. The molecule has 4 heteroatoms. The van der Waals surface area contributed by atoms with Crippen LogP contribution in [-0.2, 0) is 11.3 Å². The van der Waals surface area contributed by atoms with Crippen LogP contribution in [-0.4, -0.2) is 27.8 Å². The van der Waals surface area contributed by atoms with Crippen molar-refractivity contribution in [3.8, 4) is 0 Å². The molecule has 1 heterocycles. The number of aromatic amines is 1. The standard InChI is InChI=1S/C13H23N3O/c1-4-6-11(7-5-2)13(17)16(3)10-12-14-8-9-15-12/h8-9,11H,4-7,10H2,1-3H3,(H,14,15). The van der Waals surface area contributed by atoms with Crippen molar-refractivity contribution in [2.45, 2.75) is 46.1 Å². The van der Waals surface area contributed by atoms with Crippen molar-refractivity contribution in [3.63, 3.8) is 0 Å². The molecule has 1 aromatic heterocycles. The van der Waals surface area contributed by atoms with Gasteiger partial charge in [0.15, 0.2) is 0 Å². The Bertz CT molecular complexity index is 315. The summed E-state index contributed by atoms with van der Waals surface area (Å²) in [5.74, 6) is 1.25. The number of carbonyl (C=O) groups is 1. The summed E-state index contributed by atoms with van der Waals surface area (Å²) < 4.78 is 0. The molecule has 0 aliphatic heterocycles. The third-order valence-corrected chi connectivity index (χ3v) is 2.94. The minimum atomic E-state index is 0.171. The van der Waals surface area contributed by atoms with E-state index in [1.807, 2.05) is 7.05 Å². The molecular weight excluding hydrogens is 214 g/mol. The fraction of sp³-hybridized carbons (Fsp3) is 0.692. The molecule has 0 unspecified atom stereocenters. The third-order valence-electron chi connectivity index (χ3n) is 2.94. The first-order valence-electron chi connectivity index (χ1n) is 6.42. The monoisotopic (exact) mass is 237 g/mol. The average Bonchev–Trinajstić information content (AvgIpc) is 2.80. The van der Waals surface area contributed by atoms with Crippen molar-refractivity contribution in [3.05, 3.63) is 18.2 Å². The van der Waals surface area contributed by atoms with Crippen LogP contribution in [0.5, 0.6) is 0 Å². The van der Waals surface area contributed by atoms with Crippen LogP contribution in [0, 0.1) is 5.92 Å². The molecule has 0 radical (unpaired) electrons. The molecule has 1 aromatic rings. The predicted octanol–water partition coefficient (Wildman–Crippen LogP) is 2.58. The molecule has 0 saturated heterocycles. The first kappa shape index (κ1) is 13.7. The molecule has 0 atom stereocenters. The first-order valence-corrected chi connectivity index (χ1v) is 6.42. The topological polar surface area (TPSA) is 49.0 Å². The van der Waals surface area contributed by atoms with E-state index in [1.54, 1.807) is 17.3 Å². The highest BCUT2D eigenvalue weighted by Crippen LogP contribution is 2.16. The molecule has 0 bridgehead atoms. The summed E-state index contributed by atoms with van der Waals surface area (Å²) in [5.41, 5.74) is 0. The highest BCUT2D eigenvalue weighted by atomic mass is 16.2. The minimum Gasteiger partial charge on any atom is -0.347 e. The van der Waals surface area contributed by atoms with Crippen molar-refractivity contribution in [1.82, 2.24) is 14.9 Å². The van der Waals surface area contributed by atoms with Crippen LogP contribution in [0.15, 0.2) is 12.4 Å². The number of imidazole rings is 1. The Kier molecular flexibility index (Phi) is 5.73. The second kappa shape index (κ2) is 7.09. The van der Waals surface area contributed by atoms with Gasteiger partial charge in [-0.15, -0.1) is 0 Å². The second-order valence-corrected chi connectivity index (χ2v) is 4.50. The van der Waals surface area contributed by atoms with Crippen molar-refractivity contribution >= 4 is 5.91 Å². The van der Waals surface area contributed by atoms with Crippen molar-refractivity contribution < 1.29 is 4.79 Å². The molecule has 0 spiro atoms. The molecule has 1 rings (SSSR count). The lowest BCUT2D eigenvalue weighted by Gasteiger charge is -2.22. The molecule has 1 N–H and O–H groups in total. The molecular formula is C13H23N3O. The van der Waals surface area contributed by atoms with Crippen molar-refractivity contribution in [2.75, 3.05) is 7.05 Å². The van der Waals surface area contributed by atoms with E-state index in [0.717, 1.165) is 31.5 Å². The molecule has 17 heavy (non-hydrogen) atoms. The number of rotatable bonds is 7. The van der Waals surface area contributed by atoms with Gasteiger partial charge in [-0.1, -0.05) is 26.7 Å². The van der Waals surface area contributed by atoms with Crippen molar-refractivity contribution in [2.24, 2.45) is 5.92 Å². The Balaban J connectivity index is 2.53. The lowest BCUT2D eigenvalue weighted by Crippen LogP contribution is -2.32. The fourth-order valence-electron chi connectivity index (χ4n) is 2.09. The summed E-state index contributed by atoms with van der Waals surface area (Å²) in [6.45, 7) is 4.82. The van der Waals surface area contributed by atoms with Crippen LogP contribution < -0.4 is 0 Å². The van der Waals surface area contributed by atoms with Gasteiger partial charge in [0.1, 0.15) is 5.82 Å². The molecule has 0 saturated carbocycles. The van der Waals surface area contributed by atoms with Crippen molar-refractivity contribution in [1.29, 1.82) is 0 Å². The molecule has 0 aromatic carbocycles. The minimum absolute atomic E-state index is 0.171. The van der Waals surface area contributed by atoms with Crippen LogP contribution in [0.25, 0.3) is 0 Å². The highest BCUT2D eigenvalue weighted by Gasteiger charge is 2.20. The van der Waals surface area contributed by atoms with Gasteiger partial charge in [0, 0.05) is 25.4 Å². The number of carbonyl (C=O) groups excluding carboxylic acids is 1. The zero-order chi connectivity index (χ0) is 12.7. The number of nitrogens with zero attached hydrogens (tertiary/aromatic N) is 2. The Morgan fingerprint density at radius 3 is 2.53 bits per heavy atom. The predicted molar refractivity (Wildman–Crippen MR) is 68.4 cm³/mol. The van der Waals surface area contributed by atoms with Gasteiger partial charge in [0.2, 0.25) is 5.91 Å². The number of hydrogen-bond acceptors (Lipinski definition) is 2. The van der Waals surface area contributed by atoms with Crippen LogP contribution in [0.3, 0.4) is 0 Å². The van der Waals surface area contributed by atoms with Gasteiger partial charge in [-0.25, -0.2) is 4.98 Å². The van der Waals surface area contributed by atoms with Gasteiger partial charge >= 0.3 is 0 Å². The zero-order valence-corrected chi connectivity index (χ0v) is 11.1. The van der Waals surface area contributed by atoms with Crippen LogP contribution in [0.2, 0.25) is 0 Å². The van der Waals surface area contributed by atoms with Gasteiger partial charge < -0.3 is 9.88 Å². The number of H-pyrrole nitrogens is 1. The molecule has 4 nitrogen and oxygen atoms in total. The summed E-state index contributed by atoms with van der Waals surface area (Å²) in [4.78, 5) is 21.2. The maximum Gasteiger partial charge on any atom is 0.225 e. The quantitative estimate of drug-likeness (QED) is 0.792. The van der Waals surface area contributed by atoms with Crippen LogP contribution >= 0.6 is 0 Å². The van der Waals surface area contributed by atoms with E-state index in [-0.39, 0.29) is 11.8 Å². The molecule has 96 valence electrons. The third kappa shape index (κ3) is 4.21. The Labute approximate surface area is 103 Å². The van der Waals surface area contributed by atoms with E-state index in [2.05, 4.69) is 23.8 Å². The summed E-state index contributed by atoms with van der Waals surface area (Å²) in [7, 11) is 1.85. The SMILES string of the molecule is CCCC(CCC)C(=O)N(C)Cc1ncc[nH]1.